The molecule has 0 fully saturated rings. The summed E-state index contributed by atoms with van der Waals surface area (Å²) in [5.74, 6) is -0.154. The lowest BCUT2D eigenvalue weighted by molar-refractivity contribution is 0.0948. The Bertz CT molecular complexity index is 408. The number of likely N-dealkylation sites (N-methyl/N-ethyl adjacent to an activating group) is 1. The third kappa shape index (κ3) is 4.71. The van der Waals surface area contributed by atoms with E-state index < -0.39 is 0 Å². The zero-order valence-corrected chi connectivity index (χ0v) is 11.0. The summed E-state index contributed by atoms with van der Waals surface area (Å²) in [4.78, 5) is 27.4. The van der Waals surface area contributed by atoms with Crippen LogP contribution in [0.4, 0.5) is 0 Å². The number of hydrogen-bond acceptors (Lipinski definition) is 3. The molecule has 0 bridgehead atoms. The average Bonchev–Trinajstić information content (AvgIpc) is 2.38. The normalized spacial score (nSPS) is 10.6. The molecule has 0 saturated heterocycles. The molecule has 0 aliphatic heterocycles. The summed E-state index contributed by atoms with van der Waals surface area (Å²) in [5.41, 5.74) is 0.278. The Morgan fingerprint density at radius 1 is 1.33 bits per heavy atom. The third-order valence-electron chi connectivity index (χ3n) is 2.75. The van der Waals surface area contributed by atoms with E-state index in [-0.39, 0.29) is 11.5 Å². The van der Waals surface area contributed by atoms with Crippen molar-refractivity contribution >= 4 is 5.91 Å². The summed E-state index contributed by atoms with van der Waals surface area (Å²) in [6.07, 6.45) is 2.54. The number of amides is 1. The molecular weight excluding hydrogens is 230 g/mol. The molecule has 0 aromatic carbocycles. The number of nitrogens with one attached hydrogen (secondary N) is 2. The Labute approximate surface area is 107 Å². The molecule has 5 heteroatoms. The summed E-state index contributed by atoms with van der Waals surface area (Å²) in [6, 6.07) is 2.88. The molecule has 0 atom stereocenters. The zero-order valence-electron chi connectivity index (χ0n) is 11.0. The number of aromatic nitrogens is 1. The minimum Gasteiger partial charge on any atom is -0.351 e. The van der Waals surface area contributed by atoms with E-state index in [4.69, 9.17) is 0 Å². The maximum absolute atomic E-state index is 11.7. The first kappa shape index (κ1) is 14.4. The molecule has 0 spiro atoms. The number of carbonyl (C=O) groups excluding carboxylic acids is 1. The number of hydrogen-bond donors (Lipinski definition) is 2. The van der Waals surface area contributed by atoms with E-state index in [1.165, 1.54) is 18.3 Å². The van der Waals surface area contributed by atoms with Crippen LogP contribution in [0.1, 0.15) is 30.6 Å². The largest absolute Gasteiger partial charge is 0.351 e. The van der Waals surface area contributed by atoms with Crippen LogP contribution in [-0.2, 0) is 0 Å². The average molecular weight is 251 g/mol. The Kier molecular flexibility index (Phi) is 6.14. The van der Waals surface area contributed by atoms with Gasteiger partial charge in [0.05, 0.1) is 5.56 Å². The van der Waals surface area contributed by atoms with Crippen molar-refractivity contribution in [3.63, 3.8) is 0 Å². The molecule has 1 amide bonds. The second-order valence-electron chi connectivity index (χ2n) is 4.13. The van der Waals surface area contributed by atoms with Crippen molar-refractivity contribution in [1.82, 2.24) is 15.2 Å². The molecule has 0 unspecified atom stereocenters. The lowest BCUT2D eigenvalue weighted by Gasteiger charge is -2.19. The van der Waals surface area contributed by atoms with Crippen LogP contribution in [0.5, 0.6) is 0 Å². The number of aromatic amines is 1. The standard InChI is InChI=1S/C13H21N3O2/c1-3-8-16(4-2)9-7-14-13(18)11-5-6-12(17)15-10-11/h5-6,10H,3-4,7-9H2,1-2H3,(H,14,18)(H,15,17). The summed E-state index contributed by atoms with van der Waals surface area (Å²) in [5, 5.41) is 2.84. The monoisotopic (exact) mass is 251 g/mol. The lowest BCUT2D eigenvalue weighted by Crippen LogP contribution is -2.35. The molecule has 5 nitrogen and oxygen atoms in total. The first-order valence-electron chi connectivity index (χ1n) is 6.36. The van der Waals surface area contributed by atoms with Gasteiger partial charge in [0.1, 0.15) is 0 Å². The van der Waals surface area contributed by atoms with Gasteiger partial charge in [0.15, 0.2) is 0 Å². The molecule has 1 aromatic heterocycles. The highest BCUT2D eigenvalue weighted by Gasteiger charge is 2.05. The van der Waals surface area contributed by atoms with Crippen molar-refractivity contribution in [3.8, 4) is 0 Å². The van der Waals surface area contributed by atoms with Crippen molar-refractivity contribution in [1.29, 1.82) is 0 Å². The Hall–Kier alpha value is -1.62. The van der Waals surface area contributed by atoms with E-state index in [1.54, 1.807) is 0 Å². The predicted molar refractivity (Wildman–Crippen MR) is 71.8 cm³/mol. The maximum Gasteiger partial charge on any atom is 0.252 e. The van der Waals surface area contributed by atoms with Gasteiger partial charge in [-0.2, -0.15) is 0 Å². The first-order valence-corrected chi connectivity index (χ1v) is 6.36. The molecule has 1 rings (SSSR count). The lowest BCUT2D eigenvalue weighted by atomic mass is 10.2. The van der Waals surface area contributed by atoms with E-state index in [1.807, 2.05) is 0 Å². The highest BCUT2D eigenvalue weighted by atomic mass is 16.1. The van der Waals surface area contributed by atoms with Gasteiger partial charge in [-0.15, -0.1) is 0 Å². The quantitative estimate of drug-likeness (QED) is 0.754. The van der Waals surface area contributed by atoms with Gasteiger partial charge in [-0.1, -0.05) is 13.8 Å². The maximum atomic E-state index is 11.7. The van der Waals surface area contributed by atoms with Gasteiger partial charge in [-0.05, 0) is 25.6 Å². The van der Waals surface area contributed by atoms with Gasteiger partial charge in [0, 0.05) is 25.4 Å². The van der Waals surface area contributed by atoms with E-state index in [9.17, 15) is 9.59 Å². The second-order valence-corrected chi connectivity index (χ2v) is 4.13. The Morgan fingerprint density at radius 3 is 2.67 bits per heavy atom. The van der Waals surface area contributed by atoms with Crippen LogP contribution in [0.25, 0.3) is 0 Å². The second kappa shape index (κ2) is 7.66. The fourth-order valence-corrected chi connectivity index (χ4v) is 1.73. The van der Waals surface area contributed by atoms with E-state index in [0.29, 0.717) is 12.1 Å². The number of nitrogens with zero attached hydrogens (tertiary/aromatic N) is 1. The fraction of sp³-hybridized carbons (Fsp3) is 0.538. The summed E-state index contributed by atoms with van der Waals surface area (Å²) >= 11 is 0. The smallest absolute Gasteiger partial charge is 0.252 e. The van der Waals surface area contributed by atoms with Crippen molar-refractivity contribution in [3.05, 3.63) is 34.2 Å². The summed E-state index contributed by atoms with van der Waals surface area (Å²) in [6.45, 7) is 7.75. The zero-order chi connectivity index (χ0) is 13.4. The van der Waals surface area contributed by atoms with Gasteiger partial charge in [-0.3, -0.25) is 9.59 Å². The SMILES string of the molecule is CCCN(CC)CCNC(=O)c1ccc(=O)[nH]c1. The van der Waals surface area contributed by atoms with E-state index in [2.05, 4.69) is 29.0 Å². The molecule has 100 valence electrons. The fourth-order valence-electron chi connectivity index (χ4n) is 1.73. The van der Waals surface area contributed by atoms with Crippen molar-refractivity contribution in [2.45, 2.75) is 20.3 Å². The molecular formula is C13H21N3O2. The van der Waals surface area contributed by atoms with Gasteiger partial charge in [-0.25, -0.2) is 0 Å². The highest BCUT2D eigenvalue weighted by molar-refractivity contribution is 5.93. The van der Waals surface area contributed by atoms with Crippen molar-refractivity contribution < 1.29 is 4.79 Å². The predicted octanol–water partition coefficient (Wildman–Crippen LogP) is 0.837. The van der Waals surface area contributed by atoms with Crippen LogP contribution in [0, 0.1) is 0 Å². The van der Waals surface area contributed by atoms with Crippen LogP contribution < -0.4 is 10.9 Å². The highest BCUT2D eigenvalue weighted by Crippen LogP contribution is 1.93. The van der Waals surface area contributed by atoms with Crippen molar-refractivity contribution in [2.75, 3.05) is 26.2 Å². The molecule has 18 heavy (non-hydrogen) atoms. The summed E-state index contributed by atoms with van der Waals surface area (Å²) in [7, 11) is 0. The van der Waals surface area contributed by atoms with Crippen LogP contribution >= 0.6 is 0 Å². The van der Waals surface area contributed by atoms with E-state index >= 15 is 0 Å². The molecule has 0 aliphatic carbocycles. The van der Waals surface area contributed by atoms with Crippen LogP contribution in [-0.4, -0.2) is 42.0 Å². The number of pyridine rings is 1. The molecule has 2 N–H and O–H groups in total. The first-order chi connectivity index (χ1) is 8.67. The van der Waals surface area contributed by atoms with Gasteiger partial charge >= 0.3 is 0 Å². The topological polar surface area (TPSA) is 65.2 Å². The number of H-pyrrole nitrogens is 1. The van der Waals surface area contributed by atoms with Crippen molar-refractivity contribution in [2.24, 2.45) is 0 Å². The molecule has 1 aromatic rings. The molecule has 0 aliphatic rings. The van der Waals surface area contributed by atoms with Crippen LogP contribution in [0.2, 0.25) is 0 Å². The van der Waals surface area contributed by atoms with Gasteiger partial charge in [0.2, 0.25) is 5.56 Å². The Morgan fingerprint density at radius 2 is 2.11 bits per heavy atom. The minimum absolute atomic E-state index is 0.154. The molecule has 0 radical (unpaired) electrons. The van der Waals surface area contributed by atoms with E-state index in [0.717, 1.165) is 26.1 Å². The molecule has 0 saturated carbocycles. The minimum atomic E-state index is -0.202. The summed E-state index contributed by atoms with van der Waals surface area (Å²) < 4.78 is 0. The van der Waals surface area contributed by atoms with Gasteiger partial charge < -0.3 is 15.2 Å². The van der Waals surface area contributed by atoms with Crippen LogP contribution in [0.3, 0.4) is 0 Å². The number of carbonyl (C=O) groups is 1. The third-order valence-corrected chi connectivity index (χ3v) is 2.75. The van der Waals surface area contributed by atoms with Crippen LogP contribution in [0.15, 0.2) is 23.1 Å². The Balaban J connectivity index is 2.37. The molecule has 1 heterocycles. The van der Waals surface area contributed by atoms with Gasteiger partial charge in [0.25, 0.3) is 5.91 Å². The number of rotatable bonds is 7.